The van der Waals surface area contributed by atoms with Gasteiger partial charge in [0.05, 0.1) is 13.1 Å². The summed E-state index contributed by atoms with van der Waals surface area (Å²) in [6, 6.07) is 16.1. The number of benzene rings is 2. The van der Waals surface area contributed by atoms with Crippen molar-refractivity contribution in [2.45, 2.75) is 26.3 Å². The fourth-order valence-corrected chi connectivity index (χ4v) is 3.28. The van der Waals surface area contributed by atoms with Crippen LogP contribution in [0.2, 0.25) is 0 Å². The number of amides is 2. The highest BCUT2D eigenvalue weighted by Gasteiger charge is 2.28. The molecule has 2 aromatic carbocycles. The number of carbonyl (C=O) groups is 2. The molecule has 5 heteroatoms. The number of likely N-dealkylation sites (N-methyl/N-ethyl adjacent to an activating group) is 1. The van der Waals surface area contributed by atoms with Crippen molar-refractivity contribution in [1.29, 1.82) is 0 Å². The summed E-state index contributed by atoms with van der Waals surface area (Å²) in [5.41, 5.74) is 4.26. The van der Waals surface area contributed by atoms with Crippen LogP contribution in [0.5, 0.6) is 0 Å². The van der Waals surface area contributed by atoms with Crippen molar-refractivity contribution in [3.05, 3.63) is 59.7 Å². The molecule has 0 radical (unpaired) electrons. The summed E-state index contributed by atoms with van der Waals surface area (Å²) in [5, 5.41) is 2.83. The number of aryl methyl sites for hydroxylation is 1. The van der Waals surface area contributed by atoms with Crippen LogP contribution in [-0.4, -0.2) is 42.9 Å². The Morgan fingerprint density at radius 2 is 1.85 bits per heavy atom. The van der Waals surface area contributed by atoms with E-state index in [1.165, 1.54) is 10.5 Å². The molecule has 1 atom stereocenters. The molecular weight excluding hydrogens is 326 g/mol. The highest BCUT2D eigenvalue weighted by atomic mass is 16.2. The van der Waals surface area contributed by atoms with Gasteiger partial charge >= 0.3 is 0 Å². The van der Waals surface area contributed by atoms with Gasteiger partial charge in [-0.25, -0.2) is 0 Å². The first kappa shape index (κ1) is 18.0. The van der Waals surface area contributed by atoms with Gasteiger partial charge < -0.3 is 15.1 Å². The molecule has 2 amide bonds. The largest absolute Gasteiger partial charge is 0.359 e. The van der Waals surface area contributed by atoms with Gasteiger partial charge in [0.25, 0.3) is 0 Å². The van der Waals surface area contributed by atoms with Gasteiger partial charge in [-0.3, -0.25) is 9.59 Å². The first-order valence-corrected chi connectivity index (χ1v) is 8.89. The van der Waals surface area contributed by atoms with E-state index in [1.807, 2.05) is 43.3 Å². The van der Waals surface area contributed by atoms with Gasteiger partial charge in [0.2, 0.25) is 11.8 Å². The Labute approximate surface area is 154 Å². The Morgan fingerprint density at radius 1 is 1.15 bits per heavy atom. The summed E-state index contributed by atoms with van der Waals surface area (Å²) >= 11 is 0. The Kier molecular flexibility index (Phi) is 5.26. The quantitative estimate of drug-likeness (QED) is 0.901. The zero-order chi connectivity index (χ0) is 18.7. The zero-order valence-corrected chi connectivity index (χ0v) is 15.5. The molecule has 26 heavy (non-hydrogen) atoms. The lowest BCUT2D eigenvalue weighted by Crippen LogP contribution is -2.43. The highest BCUT2D eigenvalue weighted by molar-refractivity contribution is 5.95. The Bertz CT molecular complexity index is 801. The fraction of sp³-hybridized carbons (Fsp3) is 0.333. The number of nitrogens with zero attached hydrogens (tertiary/aromatic N) is 2. The number of rotatable bonds is 5. The van der Waals surface area contributed by atoms with Crippen LogP contribution in [0.3, 0.4) is 0 Å². The molecule has 0 bridgehead atoms. The third-order valence-corrected chi connectivity index (χ3v) is 4.80. The number of hydrogen-bond acceptors (Lipinski definition) is 3. The van der Waals surface area contributed by atoms with Crippen LogP contribution >= 0.6 is 0 Å². The number of hydrogen-bond donors (Lipinski definition) is 1. The van der Waals surface area contributed by atoms with E-state index in [2.05, 4.69) is 29.3 Å². The molecule has 0 fully saturated rings. The van der Waals surface area contributed by atoms with Crippen LogP contribution in [0.4, 0.5) is 11.4 Å². The Hall–Kier alpha value is -2.82. The molecule has 0 aromatic heterocycles. The topological polar surface area (TPSA) is 52.7 Å². The first-order valence-electron chi connectivity index (χ1n) is 8.89. The van der Waals surface area contributed by atoms with Crippen LogP contribution in [0.25, 0.3) is 0 Å². The number of anilines is 2. The Morgan fingerprint density at radius 3 is 2.58 bits per heavy atom. The van der Waals surface area contributed by atoms with Crippen LogP contribution in [0, 0.1) is 6.92 Å². The van der Waals surface area contributed by atoms with E-state index in [1.54, 1.807) is 7.05 Å². The highest BCUT2D eigenvalue weighted by Crippen LogP contribution is 2.31. The first-order chi connectivity index (χ1) is 12.4. The summed E-state index contributed by atoms with van der Waals surface area (Å²) in [7, 11) is 1.67. The second-order valence-corrected chi connectivity index (χ2v) is 6.97. The normalized spacial score (nSPS) is 15.5. The maximum Gasteiger partial charge on any atom is 0.243 e. The van der Waals surface area contributed by atoms with E-state index >= 15 is 0 Å². The molecule has 1 heterocycles. The molecule has 1 N–H and O–H groups in total. The van der Waals surface area contributed by atoms with Crippen molar-refractivity contribution in [3.8, 4) is 0 Å². The molecule has 1 unspecified atom stereocenters. The molecule has 0 saturated heterocycles. The maximum absolute atomic E-state index is 12.6. The number of nitrogens with one attached hydrogen (secondary N) is 1. The van der Waals surface area contributed by atoms with E-state index < -0.39 is 0 Å². The number of fused-ring (bicyclic) bond motifs is 1. The SMILES string of the molecule is Cc1ccc(NC(=O)CN(C)C(=O)CN2c3ccccc3CC2C)cc1. The summed E-state index contributed by atoms with van der Waals surface area (Å²) in [6.45, 7) is 4.44. The van der Waals surface area contributed by atoms with Gasteiger partial charge in [-0.1, -0.05) is 35.9 Å². The zero-order valence-electron chi connectivity index (χ0n) is 15.5. The lowest BCUT2D eigenvalue weighted by atomic mass is 10.1. The summed E-state index contributed by atoms with van der Waals surface area (Å²) < 4.78 is 0. The molecule has 0 aliphatic carbocycles. The molecule has 0 saturated carbocycles. The van der Waals surface area contributed by atoms with Crippen molar-refractivity contribution in [3.63, 3.8) is 0 Å². The maximum atomic E-state index is 12.6. The van der Waals surface area contributed by atoms with Gasteiger partial charge in [-0.05, 0) is 44.0 Å². The fourth-order valence-electron chi connectivity index (χ4n) is 3.28. The van der Waals surface area contributed by atoms with Gasteiger partial charge in [0.1, 0.15) is 0 Å². The second-order valence-electron chi connectivity index (χ2n) is 6.97. The molecule has 136 valence electrons. The van der Waals surface area contributed by atoms with Crippen molar-refractivity contribution in [1.82, 2.24) is 4.90 Å². The third-order valence-electron chi connectivity index (χ3n) is 4.80. The van der Waals surface area contributed by atoms with Crippen molar-refractivity contribution in [2.24, 2.45) is 0 Å². The van der Waals surface area contributed by atoms with E-state index in [4.69, 9.17) is 0 Å². The van der Waals surface area contributed by atoms with E-state index in [0.29, 0.717) is 0 Å². The van der Waals surface area contributed by atoms with Gasteiger partial charge in [-0.15, -0.1) is 0 Å². The lowest BCUT2D eigenvalue weighted by Gasteiger charge is -2.27. The number of para-hydroxylation sites is 1. The summed E-state index contributed by atoms with van der Waals surface area (Å²) in [4.78, 5) is 28.4. The molecule has 5 nitrogen and oxygen atoms in total. The van der Waals surface area contributed by atoms with Crippen LogP contribution in [0.1, 0.15) is 18.1 Å². The standard InChI is InChI=1S/C21H25N3O2/c1-15-8-10-18(11-9-15)22-20(25)13-23(3)21(26)14-24-16(2)12-17-6-4-5-7-19(17)24/h4-11,16H,12-14H2,1-3H3,(H,22,25). The smallest absolute Gasteiger partial charge is 0.243 e. The minimum absolute atomic E-state index is 0.0383. The van der Waals surface area contributed by atoms with Gasteiger partial charge in [0.15, 0.2) is 0 Å². The molecule has 2 aromatic rings. The average Bonchev–Trinajstić information content (AvgIpc) is 2.92. The molecule has 0 spiro atoms. The molecule has 3 rings (SSSR count). The minimum atomic E-state index is -0.195. The van der Waals surface area contributed by atoms with Gasteiger partial charge in [0, 0.05) is 24.5 Å². The van der Waals surface area contributed by atoms with E-state index in [9.17, 15) is 9.59 Å². The lowest BCUT2D eigenvalue weighted by molar-refractivity contribution is -0.132. The van der Waals surface area contributed by atoms with Crippen LogP contribution in [-0.2, 0) is 16.0 Å². The average molecular weight is 351 g/mol. The molecule has 1 aliphatic rings. The van der Waals surface area contributed by atoms with Crippen molar-refractivity contribution < 1.29 is 9.59 Å². The minimum Gasteiger partial charge on any atom is -0.359 e. The third kappa shape index (κ3) is 4.04. The van der Waals surface area contributed by atoms with Crippen LogP contribution < -0.4 is 10.2 Å². The molecular formula is C21H25N3O2. The second kappa shape index (κ2) is 7.60. The predicted molar refractivity (Wildman–Crippen MR) is 104 cm³/mol. The molecule has 1 aliphatic heterocycles. The van der Waals surface area contributed by atoms with E-state index in [0.717, 1.165) is 23.4 Å². The van der Waals surface area contributed by atoms with Crippen molar-refractivity contribution >= 4 is 23.2 Å². The monoisotopic (exact) mass is 351 g/mol. The van der Waals surface area contributed by atoms with Gasteiger partial charge in [-0.2, -0.15) is 0 Å². The van der Waals surface area contributed by atoms with E-state index in [-0.39, 0.29) is 30.9 Å². The number of carbonyl (C=O) groups excluding carboxylic acids is 2. The predicted octanol–water partition coefficient (Wildman–Crippen LogP) is 2.84. The summed E-state index contributed by atoms with van der Waals surface area (Å²) in [6.07, 6.45) is 0.946. The van der Waals surface area contributed by atoms with Crippen molar-refractivity contribution in [2.75, 3.05) is 30.4 Å². The Balaban J connectivity index is 1.56. The summed E-state index contributed by atoms with van der Waals surface area (Å²) in [5.74, 6) is -0.257. The van der Waals surface area contributed by atoms with Crippen LogP contribution in [0.15, 0.2) is 48.5 Å².